The lowest BCUT2D eigenvalue weighted by atomic mass is 9.68. The molecule has 0 radical (unpaired) electrons. The van der Waals surface area contributed by atoms with Crippen molar-refractivity contribution in [1.29, 1.82) is 0 Å². The fourth-order valence-electron chi connectivity index (χ4n) is 7.53. The van der Waals surface area contributed by atoms with Crippen LogP contribution in [-0.4, -0.2) is 53.4 Å². The summed E-state index contributed by atoms with van der Waals surface area (Å²) in [6.45, 7) is 8.16. The third kappa shape index (κ3) is 6.99. The highest BCUT2D eigenvalue weighted by Crippen LogP contribution is 2.57. The molecule has 1 saturated carbocycles. The summed E-state index contributed by atoms with van der Waals surface area (Å²) in [5.41, 5.74) is 2.94. The highest BCUT2D eigenvalue weighted by molar-refractivity contribution is 5.90. The van der Waals surface area contributed by atoms with Crippen LogP contribution in [0.25, 0.3) is 0 Å². The summed E-state index contributed by atoms with van der Waals surface area (Å²) in [5.74, 6) is -1.90. The first-order valence-corrected chi connectivity index (χ1v) is 16.7. The minimum Gasteiger partial charge on any atom is -0.461 e. The molecule has 0 spiro atoms. The van der Waals surface area contributed by atoms with Crippen molar-refractivity contribution in [1.82, 2.24) is 4.98 Å². The van der Waals surface area contributed by atoms with Crippen molar-refractivity contribution in [3.05, 3.63) is 125 Å². The molecule has 0 N–H and O–H groups in total. The molecule has 2 fully saturated rings. The lowest BCUT2D eigenvalue weighted by molar-refractivity contribution is -0.0796. The van der Waals surface area contributed by atoms with Crippen LogP contribution in [0.2, 0.25) is 0 Å². The Kier molecular flexibility index (Phi) is 9.65. The third-order valence-corrected chi connectivity index (χ3v) is 10.2. The summed E-state index contributed by atoms with van der Waals surface area (Å²) < 4.78 is 25.5. The lowest BCUT2D eigenvalue weighted by Crippen LogP contribution is -2.50. The van der Waals surface area contributed by atoms with Gasteiger partial charge in [-0.2, -0.15) is 0 Å². The van der Waals surface area contributed by atoms with E-state index >= 15 is 0 Å². The van der Waals surface area contributed by atoms with Crippen LogP contribution in [-0.2, 0) is 18.9 Å². The topological polar surface area (TPSA) is 104 Å². The Balaban J connectivity index is 1.49. The van der Waals surface area contributed by atoms with Crippen LogP contribution >= 0.6 is 0 Å². The molecule has 250 valence electrons. The van der Waals surface area contributed by atoms with E-state index in [2.05, 4.69) is 25.8 Å². The summed E-state index contributed by atoms with van der Waals surface area (Å²) in [5, 5.41) is 0. The SMILES string of the molecule is CC(C)=C1CC[C@]2(COC(=O)c3ccccc3)[C@@H](OC(=O)c3ccccc3)/C=C(\C)CC[C@H]3O[C@@]3(C)CC(OC(=O)c3cccnc3)[C@@H]12. The Labute approximate surface area is 282 Å². The van der Waals surface area contributed by atoms with E-state index in [1.54, 1.807) is 66.9 Å². The van der Waals surface area contributed by atoms with Crippen molar-refractivity contribution in [2.45, 2.75) is 83.7 Å². The average molecular weight is 650 g/mol. The molecule has 0 amide bonds. The second kappa shape index (κ2) is 13.9. The Bertz CT molecular complexity index is 1700. The van der Waals surface area contributed by atoms with Gasteiger partial charge in [0.2, 0.25) is 0 Å². The standard InChI is InChI=1S/C40H43NO7/c1-26(2)31-19-20-40(25-45-36(42)28-12-7-5-8-13-28)34(47-37(43)29-14-9-6-10-15-29)22-27(3)17-18-33-39(4,48-33)23-32(35(31)40)46-38(44)30-16-11-21-41-24-30/h5-16,21-22,24,32-35H,17-20,23,25H2,1-4H3/b27-22+/t32?,33-,34+,35-,39+,40+/m1/s1. The molecule has 2 aromatic carbocycles. The highest BCUT2D eigenvalue weighted by Gasteiger charge is 2.61. The highest BCUT2D eigenvalue weighted by atomic mass is 16.6. The smallest absolute Gasteiger partial charge is 0.339 e. The van der Waals surface area contributed by atoms with Gasteiger partial charge in [-0.1, -0.05) is 53.1 Å². The Hall–Kier alpha value is -4.56. The molecule has 1 unspecified atom stereocenters. The minimum atomic E-state index is -0.965. The molecule has 48 heavy (non-hydrogen) atoms. The van der Waals surface area contributed by atoms with E-state index in [4.69, 9.17) is 18.9 Å². The largest absolute Gasteiger partial charge is 0.461 e. The number of aromatic nitrogens is 1. The maximum absolute atomic E-state index is 13.8. The molecule has 1 saturated heterocycles. The number of rotatable bonds is 7. The van der Waals surface area contributed by atoms with Crippen molar-refractivity contribution in [2.24, 2.45) is 11.3 Å². The van der Waals surface area contributed by atoms with Gasteiger partial charge in [0, 0.05) is 24.7 Å². The summed E-state index contributed by atoms with van der Waals surface area (Å²) in [7, 11) is 0. The van der Waals surface area contributed by atoms with Crippen molar-refractivity contribution < 1.29 is 33.3 Å². The van der Waals surface area contributed by atoms with Crippen molar-refractivity contribution in [2.75, 3.05) is 6.61 Å². The van der Waals surface area contributed by atoms with Crippen LogP contribution in [0.4, 0.5) is 0 Å². The van der Waals surface area contributed by atoms with Crippen LogP contribution in [0.1, 0.15) is 90.9 Å². The van der Waals surface area contributed by atoms with Gasteiger partial charge in [0.15, 0.2) is 0 Å². The summed E-state index contributed by atoms with van der Waals surface area (Å²) >= 11 is 0. The number of epoxide rings is 1. The zero-order valence-electron chi connectivity index (χ0n) is 28.0. The van der Waals surface area contributed by atoms with Crippen LogP contribution in [0.3, 0.4) is 0 Å². The van der Waals surface area contributed by atoms with Gasteiger partial charge in [-0.05, 0) is 95.9 Å². The maximum atomic E-state index is 13.8. The Morgan fingerprint density at radius 2 is 1.50 bits per heavy atom. The van der Waals surface area contributed by atoms with Gasteiger partial charge >= 0.3 is 17.9 Å². The molecule has 0 bridgehead atoms. The third-order valence-electron chi connectivity index (χ3n) is 10.2. The zero-order chi connectivity index (χ0) is 33.9. The number of pyridine rings is 1. The predicted molar refractivity (Wildman–Crippen MR) is 180 cm³/mol. The average Bonchev–Trinajstić information content (AvgIpc) is 3.57. The number of hydrogen-bond acceptors (Lipinski definition) is 8. The Morgan fingerprint density at radius 1 is 0.854 bits per heavy atom. The molecule has 2 aliphatic carbocycles. The second-order valence-corrected chi connectivity index (χ2v) is 13.7. The number of esters is 3. The van der Waals surface area contributed by atoms with E-state index in [1.165, 1.54) is 6.20 Å². The normalized spacial score (nSPS) is 29.2. The second-order valence-electron chi connectivity index (χ2n) is 13.7. The first-order valence-electron chi connectivity index (χ1n) is 16.7. The summed E-state index contributed by atoms with van der Waals surface area (Å²) in [6, 6.07) is 21.1. The van der Waals surface area contributed by atoms with Gasteiger partial charge in [-0.25, -0.2) is 14.4 Å². The molecular weight excluding hydrogens is 606 g/mol. The number of hydrogen-bond donors (Lipinski definition) is 0. The molecular formula is C40H43NO7. The minimum absolute atomic E-state index is 0.00859. The van der Waals surface area contributed by atoms with Crippen molar-refractivity contribution >= 4 is 17.9 Å². The first-order chi connectivity index (χ1) is 23.1. The van der Waals surface area contributed by atoms with Gasteiger partial charge < -0.3 is 18.9 Å². The Morgan fingerprint density at radius 3 is 2.15 bits per heavy atom. The number of ether oxygens (including phenoxy) is 4. The molecule has 1 aromatic heterocycles. The molecule has 6 rings (SSSR count). The van der Waals surface area contributed by atoms with Crippen molar-refractivity contribution in [3.63, 3.8) is 0 Å². The lowest BCUT2D eigenvalue weighted by Gasteiger charge is -2.43. The van der Waals surface area contributed by atoms with E-state index in [0.717, 1.165) is 29.6 Å². The van der Waals surface area contributed by atoms with Crippen molar-refractivity contribution in [3.8, 4) is 0 Å². The first kappa shape index (κ1) is 33.3. The number of benzene rings is 2. The number of carbonyl (C=O) groups is 3. The van der Waals surface area contributed by atoms with E-state index < -0.39 is 47.0 Å². The predicted octanol–water partition coefficient (Wildman–Crippen LogP) is 7.71. The van der Waals surface area contributed by atoms with Gasteiger partial charge in [0.05, 0.1) is 33.8 Å². The van der Waals surface area contributed by atoms with Gasteiger partial charge in [0.25, 0.3) is 0 Å². The number of nitrogens with zero attached hydrogens (tertiary/aromatic N) is 1. The van der Waals surface area contributed by atoms with E-state index in [0.29, 0.717) is 36.0 Å². The van der Waals surface area contributed by atoms with Crippen LogP contribution in [0.5, 0.6) is 0 Å². The number of carbonyl (C=O) groups excluding carboxylic acids is 3. The van der Waals surface area contributed by atoms with Crippen LogP contribution in [0.15, 0.2) is 108 Å². The fourth-order valence-corrected chi connectivity index (χ4v) is 7.53. The quantitative estimate of drug-likeness (QED) is 0.111. The van der Waals surface area contributed by atoms with Gasteiger partial charge in [-0.15, -0.1) is 0 Å². The number of fused-ring (bicyclic) bond motifs is 2. The van der Waals surface area contributed by atoms with Crippen LogP contribution < -0.4 is 0 Å². The van der Waals surface area contributed by atoms with Gasteiger partial charge in [0.1, 0.15) is 18.8 Å². The van der Waals surface area contributed by atoms with E-state index in [1.807, 2.05) is 25.1 Å². The monoisotopic (exact) mass is 649 g/mol. The summed E-state index contributed by atoms with van der Waals surface area (Å²) in [4.78, 5) is 45.2. The summed E-state index contributed by atoms with van der Waals surface area (Å²) in [6.07, 6.45) is 6.77. The molecule has 2 heterocycles. The molecule has 8 heteroatoms. The zero-order valence-corrected chi connectivity index (χ0v) is 28.0. The molecule has 8 nitrogen and oxygen atoms in total. The fraction of sp³-hybridized carbons (Fsp3) is 0.400. The molecule has 3 aliphatic rings. The molecule has 1 aliphatic heterocycles. The van der Waals surface area contributed by atoms with Crippen LogP contribution in [0, 0.1) is 11.3 Å². The molecule has 6 atom stereocenters. The van der Waals surface area contributed by atoms with E-state index in [9.17, 15) is 14.4 Å². The van der Waals surface area contributed by atoms with E-state index in [-0.39, 0.29) is 12.7 Å². The number of allylic oxidation sites excluding steroid dienone is 2. The maximum Gasteiger partial charge on any atom is 0.339 e. The van der Waals surface area contributed by atoms with Gasteiger partial charge in [-0.3, -0.25) is 4.98 Å². The molecule has 3 aromatic rings.